The first-order valence-electron chi connectivity index (χ1n) is 7.42. The molecule has 0 aromatic heterocycles. The predicted molar refractivity (Wildman–Crippen MR) is 97.6 cm³/mol. The molecule has 0 aliphatic carbocycles. The van der Waals surface area contributed by atoms with Gasteiger partial charge in [0.15, 0.2) is 12.4 Å². The Labute approximate surface area is 159 Å². The Morgan fingerprint density at radius 1 is 1.15 bits per heavy atom. The van der Waals surface area contributed by atoms with Crippen LogP contribution in [-0.4, -0.2) is 18.4 Å². The fraction of sp³-hybridized carbons (Fsp3) is 0.0556. The maximum atomic E-state index is 12.5. The van der Waals surface area contributed by atoms with Gasteiger partial charge in [-0.2, -0.15) is 5.26 Å². The molecule has 0 unspecified atom stereocenters. The standard InChI is InChI=1S/C18H11Cl2N3O3/c19-14-9-11(10-15(20)16(14)26-7-6-21)8-13-17(24)22-23(18(13)25)12-4-2-1-3-5-12/h1-5,8-10H,7H2,(H,22,24)/b13-8-. The van der Waals surface area contributed by atoms with Crippen LogP contribution < -0.4 is 15.2 Å². The van der Waals surface area contributed by atoms with Crippen molar-refractivity contribution in [3.8, 4) is 11.8 Å². The normalized spacial score (nSPS) is 15.1. The Hall–Kier alpha value is -3.01. The van der Waals surface area contributed by atoms with Crippen molar-refractivity contribution in [3.05, 3.63) is 63.6 Å². The van der Waals surface area contributed by atoms with Crippen molar-refractivity contribution >= 4 is 46.8 Å². The Morgan fingerprint density at radius 3 is 2.42 bits per heavy atom. The third-order valence-electron chi connectivity index (χ3n) is 3.52. The minimum Gasteiger partial charge on any atom is -0.476 e. The average molecular weight is 388 g/mol. The van der Waals surface area contributed by atoms with Crippen molar-refractivity contribution in [2.45, 2.75) is 0 Å². The molecular formula is C18H11Cl2N3O3. The predicted octanol–water partition coefficient (Wildman–Crippen LogP) is 3.36. The van der Waals surface area contributed by atoms with Crippen LogP contribution in [0.4, 0.5) is 5.69 Å². The van der Waals surface area contributed by atoms with E-state index >= 15 is 0 Å². The fourth-order valence-corrected chi connectivity index (χ4v) is 3.00. The highest BCUT2D eigenvalue weighted by atomic mass is 35.5. The minimum absolute atomic E-state index is 0.0494. The van der Waals surface area contributed by atoms with Gasteiger partial charge in [0, 0.05) is 0 Å². The van der Waals surface area contributed by atoms with Crippen LogP contribution in [0.25, 0.3) is 6.08 Å². The van der Waals surface area contributed by atoms with Gasteiger partial charge in [-0.1, -0.05) is 41.4 Å². The molecule has 1 fully saturated rings. The lowest BCUT2D eigenvalue weighted by atomic mass is 10.1. The number of nitrogens with zero attached hydrogens (tertiary/aromatic N) is 2. The zero-order valence-corrected chi connectivity index (χ0v) is 14.7. The second-order valence-corrected chi connectivity index (χ2v) is 6.05. The highest BCUT2D eigenvalue weighted by molar-refractivity contribution is 6.37. The van der Waals surface area contributed by atoms with Crippen LogP contribution in [0.15, 0.2) is 48.0 Å². The SMILES string of the molecule is N#CCOc1c(Cl)cc(/C=C2/C(=O)NN(c3ccccc3)C2=O)cc1Cl. The molecule has 26 heavy (non-hydrogen) atoms. The molecule has 1 aliphatic rings. The molecular weight excluding hydrogens is 377 g/mol. The van der Waals surface area contributed by atoms with Gasteiger partial charge in [0.05, 0.1) is 15.7 Å². The zero-order valence-electron chi connectivity index (χ0n) is 13.2. The summed E-state index contributed by atoms with van der Waals surface area (Å²) in [6.45, 7) is -0.202. The molecule has 0 bridgehead atoms. The number of rotatable bonds is 4. The lowest BCUT2D eigenvalue weighted by Crippen LogP contribution is -2.35. The second-order valence-electron chi connectivity index (χ2n) is 5.24. The number of amides is 2. The van der Waals surface area contributed by atoms with Gasteiger partial charge in [-0.25, -0.2) is 5.01 Å². The van der Waals surface area contributed by atoms with E-state index in [1.165, 1.54) is 23.2 Å². The lowest BCUT2D eigenvalue weighted by molar-refractivity contribution is -0.117. The molecule has 0 spiro atoms. The summed E-state index contributed by atoms with van der Waals surface area (Å²) < 4.78 is 5.16. The summed E-state index contributed by atoms with van der Waals surface area (Å²) in [7, 11) is 0. The number of carbonyl (C=O) groups excluding carboxylic acids is 2. The molecule has 1 heterocycles. The van der Waals surface area contributed by atoms with Crippen molar-refractivity contribution in [2.24, 2.45) is 0 Å². The van der Waals surface area contributed by atoms with E-state index in [0.717, 1.165) is 0 Å². The summed E-state index contributed by atoms with van der Waals surface area (Å²) in [5.41, 5.74) is 3.46. The second kappa shape index (κ2) is 7.48. The van der Waals surface area contributed by atoms with E-state index in [4.69, 9.17) is 33.2 Å². The minimum atomic E-state index is -0.532. The van der Waals surface area contributed by atoms with Crippen LogP contribution in [-0.2, 0) is 9.59 Å². The lowest BCUT2D eigenvalue weighted by Gasteiger charge is -2.13. The van der Waals surface area contributed by atoms with Gasteiger partial charge in [-0.15, -0.1) is 0 Å². The van der Waals surface area contributed by atoms with E-state index < -0.39 is 11.8 Å². The maximum Gasteiger partial charge on any atom is 0.282 e. The molecule has 1 aliphatic heterocycles. The van der Waals surface area contributed by atoms with E-state index in [0.29, 0.717) is 11.3 Å². The third kappa shape index (κ3) is 3.49. The zero-order chi connectivity index (χ0) is 18.7. The van der Waals surface area contributed by atoms with Crippen LogP contribution in [0.5, 0.6) is 5.75 Å². The van der Waals surface area contributed by atoms with Crippen LogP contribution in [0.3, 0.4) is 0 Å². The van der Waals surface area contributed by atoms with Crippen molar-refractivity contribution in [2.75, 3.05) is 11.6 Å². The van der Waals surface area contributed by atoms with Gasteiger partial charge in [0.1, 0.15) is 11.6 Å². The molecule has 8 heteroatoms. The average Bonchev–Trinajstić information content (AvgIpc) is 2.90. The summed E-state index contributed by atoms with van der Waals surface area (Å²) >= 11 is 12.2. The first-order valence-corrected chi connectivity index (χ1v) is 8.18. The van der Waals surface area contributed by atoms with Crippen LogP contribution in [0.1, 0.15) is 5.56 Å². The van der Waals surface area contributed by atoms with Crippen LogP contribution in [0.2, 0.25) is 10.0 Å². The number of ether oxygens (including phenoxy) is 1. The van der Waals surface area contributed by atoms with E-state index in [1.807, 2.05) is 12.1 Å². The van der Waals surface area contributed by atoms with Gasteiger partial charge in [-0.3, -0.25) is 15.0 Å². The Kier molecular flexibility index (Phi) is 5.12. The number of anilines is 1. The van der Waals surface area contributed by atoms with Crippen molar-refractivity contribution in [1.82, 2.24) is 5.43 Å². The van der Waals surface area contributed by atoms with Crippen molar-refractivity contribution in [3.63, 3.8) is 0 Å². The number of nitrogens with one attached hydrogen (secondary N) is 1. The quantitative estimate of drug-likeness (QED) is 0.643. The molecule has 0 atom stereocenters. The highest BCUT2D eigenvalue weighted by Crippen LogP contribution is 2.35. The third-order valence-corrected chi connectivity index (χ3v) is 4.08. The Morgan fingerprint density at radius 2 is 1.81 bits per heavy atom. The number of hydrogen-bond acceptors (Lipinski definition) is 4. The highest BCUT2D eigenvalue weighted by Gasteiger charge is 2.34. The monoisotopic (exact) mass is 387 g/mol. The van der Waals surface area contributed by atoms with Gasteiger partial charge in [0.25, 0.3) is 11.8 Å². The number of nitriles is 1. The summed E-state index contributed by atoms with van der Waals surface area (Å²) in [5, 5.41) is 10.1. The number of hydrogen-bond donors (Lipinski definition) is 1. The molecule has 2 amide bonds. The molecule has 1 N–H and O–H groups in total. The Bertz CT molecular complexity index is 929. The molecule has 130 valence electrons. The van der Waals surface area contributed by atoms with Gasteiger partial charge in [-0.05, 0) is 35.9 Å². The first-order chi connectivity index (χ1) is 12.5. The number of para-hydroxylation sites is 1. The molecule has 0 radical (unpaired) electrons. The Balaban J connectivity index is 1.92. The van der Waals surface area contributed by atoms with Gasteiger partial charge in [0.2, 0.25) is 0 Å². The molecule has 1 saturated heterocycles. The van der Waals surface area contributed by atoms with Gasteiger partial charge < -0.3 is 4.74 Å². The topological polar surface area (TPSA) is 82.4 Å². The maximum absolute atomic E-state index is 12.5. The molecule has 2 aromatic rings. The largest absolute Gasteiger partial charge is 0.476 e. The van der Waals surface area contributed by atoms with E-state index in [2.05, 4.69) is 5.43 Å². The number of benzene rings is 2. The van der Waals surface area contributed by atoms with E-state index in [1.54, 1.807) is 24.3 Å². The van der Waals surface area contributed by atoms with Crippen LogP contribution >= 0.6 is 23.2 Å². The van der Waals surface area contributed by atoms with E-state index in [9.17, 15) is 9.59 Å². The molecule has 2 aromatic carbocycles. The van der Waals surface area contributed by atoms with Gasteiger partial charge >= 0.3 is 0 Å². The number of carbonyl (C=O) groups is 2. The summed E-state index contributed by atoms with van der Waals surface area (Å²) in [5.74, 6) is -0.848. The van der Waals surface area contributed by atoms with Crippen LogP contribution in [0, 0.1) is 11.3 Å². The number of hydrazine groups is 1. The summed E-state index contributed by atoms with van der Waals surface area (Å²) in [6, 6.07) is 13.6. The fourth-order valence-electron chi connectivity index (χ4n) is 2.39. The smallest absolute Gasteiger partial charge is 0.282 e. The first kappa shape index (κ1) is 17.8. The number of halogens is 2. The summed E-state index contributed by atoms with van der Waals surface area (Å²) in [4.78, 5) is 24.7. The van der Waals surface area contributed by atoms with E-state index in [-0.39, 0.29) is 28.0 Å². The molecule has 6 nitrogen and oxygen atoms in total. The van der Waals surface area contributed by atoms with Crippen molar-refractivity contribution < 1.29 is 14.3 Å². The summed E-state index contributed by atoms with van der Waals surface area (Å²) in [6.07, 6.45) is 1.40. The molecule has 0 saturated carbocycles. The van der Waals surface area contributed by atoms with Crippen molar-refractivity contribution in [1.29, 1.82) is 5.26 Å². The molecule has 3 rings (SSSR count).